The third-order valence-electron chi connectivity index (χ3n) is 8.58. The number of hydrogen-bond acceptors (Lipinski definition) is 10. The number of Topliss-reactive ketones (excluding diaryl/α,β-unsaturated/α-hetero) is 2. The van der Waals surface area contributed by atoms with Gasteiger partial charge in [0.1, 0.15) is 28.5 Å². The highest BCUT2D eigenvalue weighted by atomic mass is 19.1. The third kappa shape index (κ3) is 4.80. The van der Waals surface area contributed by atoms with Gasteiger partial charge in [-0.3, -0.25) is 19.3 Å². The number of hydrogen-bond donors (Lipinski definition) is 4. The van der Waals surface area contributed by atoms with Gasteiger partial charge in [0.25, 0.3) is 11.8 Å². The Morgan fingerprint density at radius 3 is 2.58 bits per heavy atom. The molecule has 3 aliphatic rings. The molecular formula is C31H38FN3O8. The molecule has 0 unspecified atom stereocenters. The number of amides is 1. The summed E-state index contributed by atoms with van der Waals surface area (Å²) >= 11 is 0. The van der Waals surface area contributed by atoms with E-state index in [1.807, 2.05) is 27.7 Å². The van der Waals surface area contributed by atoms with E-state index >= 15 is 4.39 Å². The number of nitrogens with zero attached hydrogens (tertiary/aromatic N) is 2. The van der Waals surface area contributed by atoms with E-state index in [0.717, 1.165) is 12.5 Å². The van der Waals surface area contributed by atoms with E-state index in [1.54, 1.807) is 19.0 Å². The van der Waals surface area contributed by atoms with Crippen LogP contribution in [0.1, 0.15) is 95.4 Å². The van der Waals surface area contributed by atoms with Gasteiger partial charge in [-0.1, -0.05) is 34.1 Å². The van der Waals surface area contributed by atoms with Crippen LogP contribution < -0.4 is 10.1 Å². The van der Waals surface area contributed by atoms with Gasteiger partial charge >= 0.3 is 0 Å². The first kappa shape index (κ1) is 30.7. The van der Waals surface area contributed by atoms with E-state index in [9.17, 15) is 29.7 Å². The summed E-state index contributed by atoms with van der Waals surface area (Å²) in [5.74, 6) is -6.96. The number of phenols is 1. The van der Waals surface area contributed by atoms with E-state index in [-0.39, 0.29) is 65.3 Å². The zero-order chi connectivity index (χ0) is 31.6. The molecule has 0 bridgehead atoms. The molecule has 4 N–H and O–H groups in total. The number of phenolic OH excluding ortho intramolecular Hbond substituents is 1. The molecule has 0 saturated carbocycles. The third-order valence-corrected chi connectivity index (χ3v) is 8.58. The molecule has 232 valence electrons. The van der Waals surface area contributed by atoms with Crippen LogP contribution in [-0.2, 0) is 6.42 Å². The Kier molecular flexibility index (Phi) is 7.67. The zero-order valence-corrected chi connectivity index (χ0v) is 25.2. The molecule has 0 fully saturated rings. The maximum Gasteiger partial charge on any atom is 0.265 e. The fourth-order valence-electron chi connectivity index (χ4n) is 6.51. The molecule has 1 aromatic carbocycles. The van der Waals surface area contributed by atoms with Crippen LogP contribution in [0.3, 0.4) is 0 Å². The number of ketones is 2. The molecule has 4 atom stereocenters. The summed E-state index contributed by atoms with van der Waals surface area (Å²) in [4.78, 5) is 42.5. The number of halogens is 1. The van der Waals surface area contributed by atoms with Crippen LogP contribution in [0.15, 0.2) is 21.9 Å². The summed E-state index contributed by atoms with van der Waals surface area (Å²) in [5.41, 5.74) is -4.09. The molecule has 1 heterocycles. The average molecular weight is 600 g/mol. The number of fused-ring (bicyclic) bond motifs is 4. The van der Waals surface area contributed by atoms with Crippen molar-refractivity contribution in [3.8, 4) is 11.6 Å². The van der Waals surface area contributed by atoms with E-state index in [4.69, 9.17) is 9.26 Å². The Morgan fingerprint density at radius 2 is 1.95 bits per heavy atom. The summed E-state index contributed by atoms with van der Waals surface area (Å²) in [6.45, 7) is 8.01. The number of nitrogens with one attached hydrogen (secondary N) is 1. The number of rotatable bonds is 7. The maximum absolute atomic E-state index is 15.2. The summed E-state index contributed by atoms with van der Waals surface area (Å²) in [6, 6.07) is 0.324. The van der Waals surface area contributed by atoms with Crippen LogP contribution in [0, 0.1) is 23.1 Å². The second-order valence-corrected chi connectivity index (χ2v) is 13.1. The minimum Gasteiger partial charge on any atom is -0.508 e. The monoisotopic (exact) mass is 599 g/mol. The van der Waals surface area contributed by atoms with Crippen molar-refractivity contribution in [2.75, 3.05) is 27.2 Å². The van der Waals surface area contributed by atoms with Gasteiger partial charge < -0.3 is 29.9 Å². The van der Waals surface area contributed by atoms with Crippen molar-refractivity contribution in [3.63, 3.8) is 0 Å². The second kappa shape index (κ2) is 10.7. The largest absolute Gasteiger partial charge is 0.508 e. The van der Waals surface area contributed by atoms with Crippen molar-refractivity contribution < 1.29 is 43.4 Å². The van der Waals surface area contributed by atoms with Gasteiger partial charge in [-0.2, -0.15) is 0 Å². The molecular weight excluding hydrogens is 561 g/mol. The lowest BCUT2D eigenvalue weighted by Crippen LogP contribution is -2.59. The maximum atomic E-state index is 15.2. The summed E-state index contributed by atoms with van der Waals surface area (Å²) in [6.07, 6.45) is 1.59. The number of aliphatic hydroxyl groups excluding tert-OH is 1. The topological polar surface area (TPSA) is 162 Å². The van der Waals surface area contributed by atoms with Gasteiger partial charge in [0.2, 0.25) is 5.78 Å². The highest BCUT2D eigenvalue weighted by Crippen LogP contribution is 2.56. The molecule has 5 rings (SSSR count). The Bertz CT molecular complexity index is 1540. The quantitative estimate of drug-likeness (QED) is 0.344. The number of aromatic nitrogens is 1. The summed E-state index contributed by atoms with van der Waals surface area (Å²) in [5, 5.41) is 41.3. The normalized spacial score (nSPS) is 24.8. The van der Waals surface area contributed by atoms with Crippen molar-refractivity contribution in [2.24, 2.45) is 17.3 Å². The first-order chi connectivity index (χ1) is 20.1. The molecule has 0 radical (unpaired) electrons. The van der Waals surface area contributed by atoms with Gasteiger partial charge in [-0.25, -0.2) is 4.39 Å². The number of allylic oxidation sites excluding steroid dienone is 1. The predicted molar refractivity (Wildman–Crippen MR) is 152 cm³/mol. The molecule has 2 aromatic rings. The van der Waals surface area contributed by atoms with Crippen LogP contribution in [-0.4, -0.2) is 75.7 Å². The Balaban J connectivity index is 1.61. The van der Waals surface area contributed by atoms with E-state index in [1.165, 1.54) is 0 Å². The van der Waals surface area contributed by atoms with E-state index in [0.29, 0.717) is 6.42 Å². The molecule has 0 aliphatic heterocycles. The van der Waals surface area contributed by atoms with Crippen molar-refractivity contribution in [2.45, 2.75) is 65.0 Å². The summed E-state index contributed by atoms with van der Waals surface area (Å²) < 4.78 is 26.5. The lowest BCUT2D eigenvalue weighted by atomic mass is 9.58. The van der Waals surface area contributed by atoms with Gasteiger partial charge in [-0.05, 0) is 61.5 Å². The number of benzene rings is 1. The number of aromatic hydroxyl groups is 1. The standard InChI is InChI=1S/C31H38FN3O8/c1-7-8-9-42-29-21-25(43-34-29)22(35(5)6)16-11-14-10-15-12-17(32)20(28(40)33-13-30(2,3)4)24(37)18(15)23(36)19(14)26(38)31(16,41)27(21)39/h12,14,16,22,37-38,41H,7-11,13H2,1-6H3,(H,33,40)/t14-,16-,22-,31-/m0/s1. The van der Waals surface area contributed by atoms with Gasteiger partial charge in [-0.15, -0.1) is 0 Å². The van der Waals surface area contributed by atoms with Gasteiger partial charge in [0, 0.05) is 18.0 Å². The predicted octanol–water partition coefficient (Wildman–Crippen LogP) is 3.89. The Morgan fingerprint density at radius 1 is 1.26 bits per heavy atom. The number of carbonyl (C=O) groups excluding carboxylic acids is 3. The van der Waals surface area contributed by atoms with Gasteiger partial charge in [0.15, 0.2) is 17.1 Å². The fourth-order valence-corrected chi connectivity index (χ4v) is 6.51. The van der Waals surface area contributed by atoms with Crippen molar-refractivity contribution in [3.05, 3.63) is 51.2 Å². The molecule has 11 nitrogen and oxygen atoms in total. The van der Waals surface area contributed by atoms with Crippen LogP contribution in [0.25, 0.3) is 0 Å². The minimum atomic E-state index is -2.53. The smallest absolute Gasteiger partial charge is 0.265 e. The average Bonchev–Trinajstić information content (AvgIpc) is 3.32. The first-order valence-electron chi connectivity index (χ1n) is 14.5. The molecule has 1 aromatic heterocycles. The Hall–Kier alpha value is -3.77. The molecule has 0 saturated heterocycles. The van der Waals surface area contributed by atoms with E-state index in [2.05, 4.69) is 10.5 Å². The minimum absolute atomic E-state index is 0.0183. The van der Waals surface area contributed by atoms with Crippen LogP contribution in [0.5, 0.6) is 11.6 Å². The molecule has 3 aliphatic carbocycles. The molecule has 12 heteroatoms. The van der Waals surface area contributed by atoms with Crippen molar-refractivity contribution >= 4 is 17.5 Å². The Labute approximate surface area is 248 Å². The highest BCUT2D eigenvalue weighted by Gasteiger charge is 2.64. The summed E-state index contributed by atoms with van der Waals surface area (Å²) in [7, 11) is 3.45. The highest BCUT2D eigenvalue weighted by molar-refractivity contribution is 6.17. The lowest BCUT2D eigenvalue weighted by molar-refractivity contribution is -0.0559. The fraction of sp³-hybridized carbons (Fsp3) is 0.548. The second-order valence-electron chi connectivity index (χ2n) is 13.1. The zero-order valence-electron chi connectivity index (χ0n) is 25.2. The lowest BCUT2D eigenvalue weighted by Gasteiger charge is -2.49. The SMILES string of the molecule is CCCCOc1noc2c1C(=O)[C@@]1(O)C(O)=C3C(=O)c4c(cc(F)c(C(=O)NCC(C)(C)C)c4O)C[C@H]3C[C@H]1[C@@H]2N(C)C. The van der Waals surface area contributed by atoms with Crippen LogP contribution >= 0.6 is 0 Å². The van der Waals surface area contributed by atoms with Crippen LogP contribution in [0.4, 0.5) is 4.39 Å². The number of ether oxygens (including phenoxy) is 1. The van der Waals surface area contributed by atoms with E-state index < -0.39 is 63.8 Å². The van der Waals surface area contributed by atoms with Gasteiger partial charge in [0.05, 0.1) is 18.2 Å². The van der Waals surface area contributed by atoms with Crippen LogP contribution in [0.2, 0.25) is 0 Å². The molecule has 0 spiro atoms. The number of unbranched alkanes of at least 4 members (excludes halogenated alkanes) is 1. The number of aliphatic hydroxyl groups is 2. The molecule has 43 heavy (non-hydrogen) atoms. The van der Waals surface area contributed by atoms with Crippen molar-refractivity contribution in [1.29, 1.82) is 0 Å². The first-order valence-corrected chi connectivity index (χ1v) is 14.5. The van der Waals surface area contributed by atoms with Crippen molar-refractivity contribution in [1.82, 2.24) is 15.4 Å². The molecule has 1 amide bonds. The number of carbonyl (C=O) groups is 3.